The predicted molar refractivity (Wildman–Crippen MR) is 120 cm³/mol. The Morgan fingerprint density at radius 2 is 0.919 bits per heavy atom. The number of rotatable bonds is 17. The summed E-state index contributed by atoms with van der Waals surface area (Å²) in [6.45, 7) is -3.82. The predicted octanol–water partition coefficient (Wildman–Crippen LogP) is -7.91. The Balaban J connectivity index is 4.18. The molecule has 0 unspecified atom stereocenters. The molecule has 19 nitrogen and oxygen atoms in total. The Kier molecular flexibility index (Phi) is 15.3. The minimum atomic E-state index is -1.35. The zero-order valence-electron chi connectivity index (χ0n) is 19.5. The van der Waals surface area contributed by atoms with E-state index in [2.05, 4.69) is 31.9 Å². The summed E-state index contributed by atoms with van der Waals surface area (Å²) >= 11 is 0. The molecule has 0 rings (SSSR count). The third kappa shape index (κ3) is 17.3. The topological polar surface area (TPSA) is 310 Å². The third-order valence-corrected chi connectivity index (χ3v) is 3.89. The zero-order valence-corrected chi connectivity index (χ0v) is 19.5. The van der Waals surface area contributed by atoms with E-state index in [9.17, 15) is 43.2 Å². The fourth-order valence-corrected chi connectivity index (χ4v) is 2.16. The van der Waals surface area contributed by atoms with Crippen molar-refractivity contribution in [3.63, 3.8) is 0 Å². The monoisotopic (exact) mass is 531 g/mol. The standard InChI is InChI=1S/C18H29N9O10/c19-2-11(29)27-9(1-10(20)28)18(37)26-7-16(34)24-5-14(32)22-3-12(30)21-4-13(31)23-6-15(33)25-8-17(35)36/h9H,1-8,19H2,(H2,20,28)(H,21,30)(H,22,32)(H,23,31)(H,24,34)(H,25,33)(H,26,37)(H,27,29)(H,35,36)/t9-/m0/s1. The maximum absolute atomic E-state index is 12.0. The molecule has 0 saturated carbocycles. The first-order valence-electron chi connectivity index (χ1n) is 10.4. The molecule has 0 heterocycles. The summed E-state index contributed by atoms with van der Waals surface area (Å²) in [6.07, 6.45) is -0.534. The molecule has 0 spiro atoms. The van der Waals surface area contributed by atoms with Crippen molar-refractivity contribution in [2.24, 2.45) is 11.5 Å². The summed E-state index contributed by atoms with van der Waals surface area (Å²) in [5.74, 6) is -7.62. The van der Waals surface area contributed by atoms with Crippen LogP contribution in [0.15, 0.2) is 0 Å². The molecule has 12 N–H and O–H groups in total. The van der Waals surface area contributed by atoms with Crippen molar-refractivity contribution in [2.75, 3.05) is 45.8 Å². The van der Waals surface area contributed by atoms with Gasteiger partial charge in [0.2, 0.25) is 47.3 Å². The van der Waals surface area contributed by atoms with Gasteiger partial charge in [-0.3, -0.25) is 43.2 Å². The fourth-order valence-electron chi connectivity index (χ4n) is 2.16. The summed E-state index contributed by atoms with van der Waals surface area (Å²) < 4.78 is 0. The molecule has 0 aromatic heterocycles. The van der Waals surface area contributed by atoms with Crippen LogP contribution in [0.1, 0.15) is 6.42 Å². The summed E-state index contributed by atoms with van der Waals surface area (Å²) in [6, 6.07) is -1.35. The normalized spacial score (nSPS) is 10.6. The number of carbonyl (C=O) groups excluding carboxylic acids is 8. The van der Waals surface area contributed by atoms with Gasteiger partial charge < -0.3 is 53.8 Å². The van der Waals surface area contributed by atoms with Gasteiger partial charge >= 0.3 is 5.97 Å². The quantitative estimate of drug-likeness (QED) is 0.0840. The molecule has 0 radical (unpaired) electrons. The van der Waals surface area contributed by atoms with Crippen molar-refractivity contribution >= 4 is 53.2 Å². The number of nitrogens with two attached hydrogens (primary N) is 2. The van der Waals surface area contributed by atoms with E-state index in [0.717, 1.165) is 0 Å². The van der Waals surface area contributed by atoms with Gasteiger partial charge in [-0.1, -0.05) is 0 Å². The lowest BCUT2D eigenvalue weighted by Gasteiger charge is -2.16. The molecule has 0 fully saturated rings. The second-order valence-corrected chi connectivity index (χ2v) is 6.99. The van der Waals surface area contributed by atoms with Gasteiger partial charge in [-0.25, -0.2) is 0 Å². The summed E-state index contributed by atoms with van der Waals surface area (Å²) in [5, 5.41) is 23.3. The van der Waals surface area contributed by atoms with Crippen molar-refractivity contribution in [1.82, 2.24) is 37.2 Å². The number of hydrogen-bond acceptors (Lipinski definition) is 10. The maximum Gasteiger partial charge on any atom is 0.322 e. The number of carboxylic acids is 1. The van der Waals surface area contributed by atoms with E-state index >= 15 is 0 Å². The van der Waals surface area contributed by atoms with Gasteiger partial charge in [-0.15, -0.1) is 0 Å². The average Bonchev–Trinajstić information content (AvgIpc) is 2.84. The molecule has 0 saturated heterocycles. The first-order valence-corrected chi connectivity index (χ1v) is 10.4. The lowest BCUT2D eigenvalue weighted by atomic mass is 10.2. The number of amides is 8. The molecule has 0 bridgehead atoms. The van der Waals surface area contributed by atoms with E-state index in [0.29, 0.717) is 0 Å². The second-order valence-electron chi connectivity index (χ2n) is 6.99. The molecule has 0 aliphatic carbocycles. The van der Waals surface area contributed by atoms with Crippen LogP contribution in [0.2, 0.25) is 0 Å². The number of carbonyl (C=O) groups is 9. The average molecular weight is 531 g/mol. The molecule has 37 heavy (non-hydrogen) atoms. The van der Waals surface area contributed by atoms with E-state index in [1.165, 1.54) is 0 Å². The van der Waals surface area contributed by atoms with E-state index in [-0.39, 0.29) is 0 Å². The molecule has 206 valence electrons. The number of carboxylic acid groups (broad SMARTS) is 1. The maximum atomic E-state index is 12.0. The lowest BCUT2D eigenvalue weighted by Crippen LogP contribution is -2.52. The van der Waals surface area contributed by atoms with Crippen LogP contribution < -0.4 is 48.7 Å². The van der Waals surface area contributed by atoms with Gasteiger partial charge in [0.1, 0.15) is 12.6 Å². The van der Waals surface area contributed by atoms with E-state index in [1.54, 1.807) is 0 Å². The Bertz CT molecular complexity index is 908. The lowest BCUT2D eigenvalue weighted by molar-refractivity contribution is -0.138. The van der Waals surface area contributed by atoms with Crippen LogP contribution in [0.25, 0.3) is 0 Å². The largest absolute Gasteiger partial charge is 0.480 e. The summed E-state index contributed by atoms with van der Waals surface area (Å²) in [5.41, 5.74) is 10.1. The van der Waals surface area contributed by atoms with Crippen molar-refractivity contribution in [2.45, 2.75) is 12.5 Å². The number of hydrogen-bond donors (Lipinski definition) is 10. The molecule has 8 amide bonds. The summed E-state index contributed by atoms with van der Waals surface area (Å²) in [4.78, 5) is 103. The summed E-state index contributed by atoms with van der Waals surface area (Å²) in [7, 11) is 0. The first-order chi connectivity index (χ1) is 17.3. The van der Waals surface area contributed by atoms with E-state index in [4.69, 9.17) is 16.6 Å². The fraction of sp³-hybridized carbons (Fsp3) is 0.500. The minimum absolute atomic E-state index is 0.446. The van der Waals surface area contributed by atoms with Crippen molar-refractivity contribution in [1.29, 1.82) is 0 Å². The highest BCUT2D eigenvalue weighted by Crippen LogP contribution is 1.92. The Hall–Kier alpha value is -4.81. The van der Waals surface area contributed by atoms with Crippen LogP contribution >= 0.6 is 0 Å². The highest BCUT2D eigenvalue weighted by molar-refractivity contribution is 5.95. The van der Waals surface area contributed by atoms with Gasteiger partial charge in [0, 0.05) is 0 Å². The van der Waals surface area contributed by atoms with Gasteiger partial charge in [0.15, 0.2) is 0 Å². The zero-order chi connectivity index (χ0) is 28.4. The van der Waals surface area contributed by atoms with Crippen LogP contribution in [-0.4, -0.2) is 110 Å². The highest BCUT2D eigenvalue weighted by atomic mass is 16.4. The second kappa shape index (κ2) is 17.6. The molecule has 0 aromatic carbocycles. The van der Waals surface area contributed by atoms with Gasteiger partial charge in [-0.05, 0) is 0 Å². The highest BCUT2D eigenvalue weighted by Gasteiger charge is 2.23. The molecule has 19 heteroatoms. The first kappa shape index (κ1) is 32.2. The van der Waals surface area contributed by atoms with Crippen molar-refractivity contribution in [3.05, 3.63) is 0 Å². The van der Waals surface area contributed by atoms with Gasteiger partial charge in [-0.2, -0.15) is 0 Å². The molecule has 0 aliphatic rings. The number of primary amides is 1. The molecule has 0 aliphatic heterocycles. The Labute approximate surface area is 209 Å². The Morgan fingerprint density at radius 1 is 0.568 bits per heavy atom. The Morgan fingerprint density at radius 3 is 1.24 bits per heavy atom. The van der Waals surface area contributed by atoms with Crippen molar-refractivity contribution in [3.8, 4) is 0 Å². The van der Waals surface area contributed by atoms with Gasteiger partial charge in [0.05, 0.1) is 45.7 Å². The smallest absolute Gasteiger partial charge is 0.322 e. The van der Waals surface area contributed by atoms with Crippen LogP contribution in [0.3, 0.4) is 0 Å². The van der Waals surface area contributed by atoms with Gasteiger partial charge in [0.25, 0.3) is 0 Å². The van der Waals surface area contributed by atoms with Crippen LogP contribution in [0.4, 0.5) is 0 Å². The molecule has 1 atom stereocenters. The third-order valence-electron chi connectivity index (χ3n) is 3.89. The SMILES string of the molecule is NCC(=O)N[C@@H](CC(N)=O)C(=O)NCC(=O)NCC(=O)NCC(=O)NCC(=O)NCC(=O)NCC(=O)O. The number of aliphatic carboxylic acids is 1. The van der Waals surface area contributed by atoms with Crippen LogP contribution in [0.5, 0.6) is 0 Å². The molecular weight excluding hydrogens is 502 g/mol. The molecule has 0 aromatic rings. The molecular formula is C18H29N9O10. The van der Waals surface area contributed by atoms with E-state index in [1.807, 2.05) is 5.32 Å². The minimum Gasteiger partial charge on any atom is -0.480 e. The van der Waals surface area contributed by atoms with E-state index < -0.39 is 112 Å². The van der Waals surface area contributed by atoms with Crippen molar-refractivity contribution < 1.29 is 48.3 Å². The van der Waals surface area contributed by atoms with Crippen LogP contribution in [-0.2, 0) is 43.2 Å². The number of nitrogens with one attached hydrogen (secondary N) is 7. The van der Waals surface area contributed by atoms with Crippen LogP contribution in [0, 0.1) is 0 Å².